The van der Waals surface area contributed by atoms with Crippen molar-refractivity contribution < 1.29 is 22.7 Å². The van der Waals surface area contributed by atoms with Crippen molar-refractivity contribution in [3.05, 3.63) is 58.6 Å². The van der Waals surface area contributed by atoms with Gasteiger partial charge in [-0.25, -0.2) is 0 Å². The van der Waals surface area contributed by atoms with Crippen LogP contribution in [0.25, 0.3) is 0 Å². The van der Waals surface area contributed by atoms with E-state index in [0.717, 1.165) is 18.2 Å². The maximum atomic E-state index is 12.6. The average molecular weight is 363 g/mol. The first kappa shape index (κ1) is 17.6. The number of rotatable bonds is 4. The molecule has 0 saturated heterocycles. The number of hydrogen-bond acceptors (Lipinski definition) is 2. The van der Waals surface area contributed by atoms with Gasteiger partial charge >= 0.3 is 6.18 Å². The molecule has 0 aromatic heterocycles. The fraction of sp³-hybridized carbons (Fsp3) is 0.188. The van der Waals surface area contributed by atoms with Crippen LogP contribution in [0.2, 0.25) is 5.02 Å². The molecule has 2 aromatic carbocycles. The molecule has 0 fully saturated rings. The Balaban J connectivity index is 2.26. The van der Waals surface area contributed by atoms with Gasteiger partial charge in [-0.05, 0) is 37.3 Å². The lowest BCUT2D eigenvalue weighted by Gasteiger charge is -2.12. The van der Waals surface area contributed by atoms with E-state index in [-0.39, 0.29) is 22.3 Å². The molecule has 0 aliphatic heterocycles. The topological polar surface area (TPSA) is 26.3 Å². The third-order valence-corrected chi connectivity index (χ3v) is 3.46. The number of benzene rings is 2. The van der Waals surface area contributed by atoms with Crippen LogP contribution >= 0.6 is 23.2 Å². The predicted octanol–water partition coefficient (Wildman–Crippen LogP) is 5.96. The van der Waals surface area contributed by atoms with Gasteiger partial charge in [0.05, 0.1) is 16.0 Å². The second-order valence-electron chi connectivity index (χ2n) is 4.75. The summed E-state index contributed by atoms with van der Waals surface area (Å²) in [5.41, 5.74) is -0.525. The maximum absolute atomic E-state index is 12.6. The number of ketones is 1. The Kier molecular flexibility index (Phi) is 5.22. The molecule has 0 radical (unpaired) electrons. The van der Waals surface area contributed by atoms with Crippen LogP contribution in [0.15, 0.2) is 42.5 Å². The molecule has 2 aromatic rings. The monoisotopic (exact) mass is 362 g/mol. The summed E-state index contributed by atoms with van der Waals surface area (Å²) in [7, 11) is 0. The molecule has 0 saturated carbocycles. The molecule has 7 heteroatoms. The van der Waals surface area contributed by atoms with E-state index < -0.39 is 17.1 Å². The number of Topliss-reactive ketones (excluding diaryl/α,β-unsaturated/α-hetero) is 1. The zero-order valence-electron chi connectivity index (χ0n) is 11.8. The van der Waals surface area contributed by atoms with Crippen LogP contribution in [0.1, 0.15) is 22.8 Å². The van der Waals surface area contributed by atoms with Gasteiger partial charge in [0, 0.05) is 5.56 Å². The van der Waals surface area contributed by atoms with Gasteiger partial charge < -0.3 is 4.74 Å². The highest BCUT2D eigenvalue weighted by molar-refractivity contribution is 6.33. The van der Waals surface area contributed by atoms with Crippen LogP contribution in [-0.4, -0.2) is 11.2 Å². The van der Waals surface area contributed by atoms with E-state index in [2.05, 4.69) is 0 Å². The first-order valence-corrected chi connectivity index (χ1v) is 7.33. The number of halogens is 5. The largest absolute Gasteiger partial charge is 0.456 e. The van der Waals surface area contributed by atoms with Gasteiger partial charge in [-0.3, -0.25) is 4.79 Å². The van der Waals surface area contributed by atoms with Gasteiger partial charge in [0.2, 0.25) is 0 Å². The first-order valence-electron chi connectivity index (χ1n) is 6.51. The summed E-state index contributed by atoms with van der Waals surface area (Å²) >= 11 is 11.6. The lowest BCUT2D eigenvalue weighted by molar-refractivity contribution is -0.137. The molecular weight excluding hydrogens is 352 g/mol. The van der Waals surface area contributed by atoms with E-state index in [0.29, 0.717) is 5.56 Å². The van der Waals surface area contributed by atoms with Gasteiger partial charge in [0.15, 0.2) is 5.78 Å². The molecule has 0 heterocycles. The molecule has 1 atom stereocenters. The first-order chi connectivity index (χ1) is 10.7. The number of carbonyl (C=O) groups excluding carboxylic acids is 1. The number of alkyl halides is 4. The van der Waals surface area contributed by atoms with Gasteiger partial charge in [-0.15, -0.1) is 11.6 Å². The summed E-state index contributed by atoms with van der Waals surface area (Å²) < 4.78 is 43.2. The van der Waals surface area contributed by atoms with Crippen molar-refractivity contribution in [2.45, 2.75) is 18.5 Å². The Morgan fingerprint density at radius 1 is 1.17 bits per heavy atom. The van der Waals surface area contributed by atoms with Crippen LogP contribution in [-0.2, 0) is 6.18 Å². The molecule has 0 spiro atoms. The molecule has 0 bridgehead atoms. The van der Waals surface area contributed by atoms with Gasteiger partial charge in [-0.2, -0.15) is 13.2 Å². The summed E-state index contributed by atoms with van der Waals surface area (Å²) in [6, 6.07) is 8.95. The number of ether oxygens (including phenoxy) is 1. The lowest BCUT2D eigenvalue weighted by Crippen LogP contribution is -2.10. The smallest absolute Gasteiger partial charge is 0.416 e. The standard InChI is InChI=1S/C16H11Cl2F3O2/c1-9(17)15(22)10-3-2-4-12(7-10)23-14-6-5-11(8-13(14)18)16(19,20)21/h2-9H,1H3. The van der Waals surface area contributed by atoms with Crippen LogP contribution in [0.4, 0.5) is 13.2 Å². The normalized spacial score (nSPS) is 12.8. The van der Waals surface area contributed by atoms with Crippen molar-refractivity contribution in [2.24, 2.45) is 0 Å². The molecular formula is C16H11Cl2F3O2. The van der Waals surface area contributed by atoms with Crippen molar-refractivity contribution in [3.63, 3.8) is 0 Å². The van der Waals surface area contributed by atoms with E-state index in [1.165, 1.54) is 6.07 Å². The summed E-state index contributed by atoms with van der Waals surface area (Å²) in [6.45, 7) is 1.55. The van der Waals surface area contributed by atoms with Crippen molar-refractivity contribution in [1.82, 2.24) is 0 Å². The lowest BCUT2D eigenvalue weighted by atomic mass is 10.1. The summed E-state index contributed by atoms with van der Waals surface area (Å²) in [4.78, 5) is 11.8. The Labute approximate surface area is 140 Å². The Morgan fingerprint density at radius 3 is 2.43 bits per heavy atom. The van der Waals surface area contributed by atoms with Gasteiger partial charge in [-0.1, -0.05) is 23.7 Å². The minimum absolute atomic E-state index is 0.0585. The second-order valence-corrected chi connectivity index (χ2v) is 5.81. The minimum Gasteiger partial charge on any atom is -0.456 e. The fourth-order valence-electron chi connectivity index (χ4n) is 1.83. The van der Waals surface area contributed by atoms with E-state index in [1.807, 2.05) is 0 Å². The van der Waals surface area contributed by atoms with Crippen molar-refractivity contribution in [2.75, 3.05) is 0 Å². The summed E-state index contributed by atoms with van der Waals surface area (Å²) in [6.07, 6.45) is -4.48. The highest BCUT2D eigenvalue weighted by Crippen LogP contribution is 2.36. The maximum Gasteiger partial charge on any atom is 0.416 e. The fourth-order valence-corrected chi connectivity index (χ4v) is 2.17. The molecule has 0 aliphatic rings. The van der Waals surface area contributed by atoms with Crippen molar-refractivity contribution in [3.8, 4) is 11.5 Å². The minimum atomic E-state index is -4.48. The zero-order chi connectivity index (χ0) is 17.2. The van der Waals surface area contributed by atoms with Crippen LogP contribution < -0.4 is 4.74 Å². The molecule has 0 aliphatic carbocycles. The summed E-state index contributed by atoms with van der Waals surface area (Å²) in [5.74, 6) is 0.0497. The predicted molar refractivity (Wildman–Crippen MR) is 82.6 cm³/mol. The molecule has 1 unspecified atom stereocenters. The summed E-state index contributed by atoms with van der Waals surface area (Å²) in [5, 5.41) is -0.873. The second kappa shape index (κ2) is 6.81. The third-order valence-electron chi connectivity index (χ3n) is 2.97. The molecule has 2 rings (SSSR count). The van der Waals surface area contributed by atoms with Crippen molar-refractivity contribution in [1.29, 1.82) is 0 Å². The highest BCUT2D eigenvalue weighted by Gasteiger charge is 2.31. The van der Waals surface area contributed by atoms with Crippen LogP contribution in [0.5, 0.6) is 11.5 Å². The molecule has 0 amide bonds. The quantitative estimate of drug-likeness (QED) is 0.495. The van der Waals surface area contributed by atoms with E-state index in [1.54, 1.807) is 25.1 Å². The van der Waals surface area contributed by atoms with Gasteiger partial charge in [0.25, 0.3) is 0 Å². The van der Waals surface area contributed by atoms with E-state index >= 15 is 0 Å². The van der Waals surface area contributed by atoms with Crippen molar-refractivity contribution >= 4 is 29.0 Å². The Bertz CT molecular complexity index is 728. The Morgan fingerprint density at radius 2 is 1.87 bits per heavy atom. The SMILES string of the molecule is CC(Cl)C(=O)c1cccc(Oc2ccc(C(F)(F)F)cc2Cl)c1. The van der Waals surface area contributed by atoms with Crippen LogP contribution in [0, 0.1) is 0 Å². The number of hydrogen-bond donors (Lipinski definition) is 0. The molecule has 23 heavy (non-hydrogen) atoms. The zero-order valence-corrected chi connectivity index (χ0v) is 13.3. The van der Waals surface area contributed by atoms with Crippen LogP contribution in [0.3, 0.4) is 0 Å². The third kappa shape index (κ3) is 4.39. The van der Waals surface area contributed by atoms with E-state index in [4.69, 9.17) is 27.9 Å². The average Bonchev–Trinajstić information content (AvgIpc) is 2.47. The Hall–Kier alpha value is -1.72. The molecule has 0 N–H and O–H groups in total. The van der Waals surface area contributed by atoms with E-state index in [9.17, 15) is 18.0 Å². The molecule has 122 valence electrons. The van der Waals surface area contributed by atoms with Gasteiger partial charge in [0.1, 0.15) is 11.5 Å². The molecule has 2 nitrogen and oxygen atoms in total. The number of carbonyl (C=O) groups is 1. The highest BCUT2D eigenvalue weighted by atomic mass is 35.5.